The van der Waals surface area contributed by atoms with E-state index in [2.05, 4.69) is 5.32 Å². The quantitative estimate of drug-likeness (QED) is 0.610. The van der Waals surface area contributed by atoms with Crippen LogP contribution in [-0.4, -0.2) is 52.7 Å². The van der Waals surface area contributed by atoms with Gasteiger partial charge in [-0.3, -0.25) is 19.3 Å². The van der Waals surface area contributed by atoms with Crippen LogP contribution in [0.2, 0.25) is 0 Å². The maximum Gasteiger partial charge on any atom is 0.334 e. The van der Waals surface area contributed by atoms with Crippen molar-refractivity contribution in [2.24, 2.45) is 0 Å². The van der Waals surface area contributed by atoms with Gasteiger partial charge in [-0.05, 0) is 30.9 Å². The predicted octanol–water partition coefficient (Wildman–Crippen LogP) is 1.22. The molecule has 1 aliphatic heterocycles. The first-order chi connectivity index (χ1) is 12.5. The normalized spacial score (nSPS) is 18.1. The highest BCUT2D eigenvalue weighted by molar-refractivity contribution is 6.45. The molecule has 0 bridgehead atoms. The number of rotatable bonds is 6. The summed E-state index contributed by atoms with van der Waals surface area (Å²) in [6, 6.07) is 5.25. The first-order valence-electron chi connectivity index (χ1n) is 8.68. The SMILES string of the molecule is O=C(CN1C(=O)C(=O)N(C2CCCC2)C1=O)NCCc1ccccc1F. The molecule has 8 heteroatoms. The summed E-state index contributed by atoms with van der Waals surface area (Å²) in [4.78, 5) is 50.2. The van der Waals surface area contributed by atoms with Gasteiger partial charge in [-0.15, -0.1) is 0 Å². The van der Waals surface area contributed by atoms with Gasteiger partial charge in [0.2, 0.25) is 5.91 Å². The van der Waals surface area contributed by atoms with E-state index in [0.29, 0.717) is 23.3 Å². The second-order valence-corrected chi connectivity index (χ2v) is 6.48. The molecule has 1 aromatic rings. The van der Waals surface area contributed by atoms with Gasteiger partial charge in [0.05, 0.1) is 0 Å². The number of halogens is 1. The van der Waals surface area contributed by atoms with Gasteiger partial charge in [-0.25, -0.2) is 14.1 Å². The van der Waals surface area contributed by atoms with Crippen LogP contribution in [0, 0.1) is 5.82 Å². The Hall–Kier alpha value is -2.77. The number of hydrogen-bond acceptors (Lipinski definition) is 4. The van der Waals surface area contributed by atoms with Gasteiger partial charge in [-0.1, -0.05) is 31.0 Å². The van der Waals surface area contributed by atoms with E-state index in [1.807, 2.05) is 0 Å². The molecule has 138 valence electrons. The van der Waals surface area contributed by atoms with Gasteiger partial charge in [0.15, 0.2) is 0 Å². The second-order valence-electron chi connectivity index (χ2n) is 6.48. The molecule has 1 saturated heterocycles. The number of imide groups is 2. The van der Waals surface area contributed by atoms with Crippen LogP contribution < -0.4 is 5.32 Å². The van der Waals surface area contributed by atoms with Crippen molar-refractivity contribution >= 4 is 23.8 Å². The largest absolute Gasteiger partial charge is 0.354 e. The molecule has 2 fully saturated rings. The summed E-state index contributed by atoms with van der Waals surface area (Å²) in [5.74, 6) is -2.75. The predicted molar refractivity (Wildman–Crippen MR) is 89.3 cm³/mol. The number of nitrogens with zero attached hydrogens (tertiary/aromatic N) is 2. The third-order valence-corrected chi connectivity index (χ3v) is 4.75. The molecule has 1 saturated carbocycles. The van der Waals surface area contributed by atoms with Crippen LogP contribution in [0.15, 0.2) is 24.3 Å². The zero-order valence-electron chi connectivity index (χ0n) is 14.2. The lowest BCUT2D eigenvalue weighted by Crippen LogP contribution is -2.43. The number of benzene rings is 1. The van der Waals surface area contributed by atoms with E-state index in [0.717, 1.165) is 17.7 Å². The summed E-state index contributed by atoms with van der Waals surface area (Å²) < 4.78 is 13.5. The smallest absolute Gasteiger partial charge is 0.334 e. The molecule has 0 atom stereocenters. The molecule has 1 aromatic carbocycles. The third kappa shape index (κ3) is 3.58. The lowest BCUT2D eigenvalue weighted by atomic mass is 10.1. The average Bonchev–Trinajstić information content (AvgIpc) is 3.20. The number of amides is 5. The van der Waals surface area contributed by atoms with Crippen LogP contribution in [0.1, 0.15) is 31.2 Å². The lowest BCUT2D eigenvalue weighted by Gasteiger charge is -2.20. The summed E-state index contributed by atoms with van der Waals surface area (Å²) in [6.45, 7) is -0.347. The molecular formula is C18H20FN3O4. The van der Waals surface area contributed by atoms with Gasteiger partial charge >= 0.3 is 17.8 Å². The lowest BCUT2D eigenvalue weighted by molar-refractivity contribution is -0.144. The molecule has 1 aliphatic carbocycles. The van der Waals surface area contributed by atoms with Gasteiger partial charge in [0.25, 0.3) is 0 Å². The highest BCUT2D eigenvalue weighted by atomic mass is 19.1. The number of nitrogens with one attached hydrogen (secondary N) is 1. The van der Waals surface area contributed by atoms with Crippen molar-refractivity contribution in [2.75, 3.05) is 13.1 Å². The molecule has 26 heavy (non-hydrogen) atoms. The van der Waals surface area contributed by atoms with Crippen molar-refractivity contribution < 1.29 is 23.6 Å². The third-order valence-electron chi connectivity index (χ3n) is 4.75. The van der Waals surface area contributed by atoms with E-state index < -0.39 is 30.3 Å². The van der Waals surface area contributed by atoms with Crippen molar-refractivity contribution in [2.45, 2.75) is 38.1 Å². The maximum absolute atomic E-state index is 13.5. The molecule has 5 amide bonds. The molecule has 1 heterocycles. The molecule has 0 unspecified atom stereocenters. The van der Waals surface area contributed by atoms with Crippen LogP contribution in [0.25, 0.3) is 0 Å². The Labute approximate surface area is 150 Å². The Bertz CT molecular complexity index is 746. The fourth-order valence-electron chi connectivity index (χ4n) is 3.38. The van der Waals surface area contributed by atoms with Crippen LogP contribution in [0.5, 0.6) is 0 Å². The zero-order chi connectivity index (χ0) is 18.7. The van der Waals surface area contributed by atoms with Crippen LogP contribution in [0.3, 0.4) is 0 Å². The van der Waals surface area contributed by atoms with Crippen molar-refractivity contribution in [1.82, 2.24) is 15.1 Å². The van der Waals surface area contributed by atoms with E-state index in [-0.39, 0.29) is 24.8 Å². The molecule has 7 nitrogen and oxygen atoms in total. The van der Waals surface area contributed by atoms with E-state index in [1.165, 1.54) is 6.07 Å². The van der Waals surface area contributed by atoms with Crippen molar-refractivity contribution in [3.05, 3.63) is 35.6 Å². The Balaban J connectivity index is 1.53. The first kappa shape index (κ1) is 18.0. The van der Waals surface area contributed by atoms with Crippen molar-refractivity contribution in [3.8, 4) is 0 Å². The Kier molecular flexibility index (Phi) is 5.29. The summed E-state index contributed by atoms with van der Waals surface area (Å²) in [5, 5.41) is 2.54. The summed E-state index contributed by atoms with van der Waals surface area (Å²) in [6.07, 6.45) is 3.48. The van der Waals surface area contributed by atoms with E-state index >= 15 is 0 Å². The maximum atomic E-state index is 13.5. The number of hydrogen-bond donors (Lipinski definition) is 1. The van der Waals surface area contributed by atoms with E-state index in [4.69, 9.17) is 0 Å². The fourth-order valence-corrected chi connectivity index (χ4v) is 3.38. The molecule has 0 spiro atoms. The van der Waals surface area contributed by atoms with Crippen LogP contribution in [0.4, 0.5) is 9.18 Å². The van der Waals surface area contributed by atoms with E-state index in [1.54, 1.807) is 18.2 Å². The van der Waals surface area contributed by atoms with Gasteiger partial charge < -0.3 is 5.32 Å². The fraction of sp³-hybridized carbons (Fsp3) is 0.444. The Morgan fingerprint density at radius 3 is 2.50 bits per heavy atom. The minimum absolute atomic E-state index is 0.163. The molecule has 0 aromatic heterocycles. The summed E-state index contributed by atoms with van der Waals surface area (Å²) in [7, 11) is 0. The molecule has 1 N–H and O–H groups in total. The molecular weight excluding hydrogens is 341 g/mol. The highest BCUT2D eigenvalue weighted by Crippen LogP contribution is 2.27. The number of carbonyl (C=O) groups excluding carboxylic acids is 4. The topological polar surface area (TPSA) is 86.8 Å². The molecule has 0 radical (unpaired) electrons. The molecule has 2 aliphatic rings. The Morgan fingerprint density at radius 1 is 1.12 bits per heavy atom. The monoisotopic (exact) mass is 361 g/mol. The van der Waals surface area contributed by atoms with Crippen molar-refractivity contribution in [3.63, 3.8) is 0 Å². The number of urea groups is 1. The van der Waals surface area contributed by atoms with Crippen LogP contribution in [-0.2, 0) is 20.8 Å². The van der Waals surface area contributed by atoms with Gasteiger partial charge in [0, 0.05) is 12.6 Å². The van der Waals surface area contributed by atoms with Crippen molar-refractivity contribution in [1.29, 1.82) is 0 Å². The minimum atomic E-state index is -0.967. The van der Waals surface area contributed by atoms with Crippen LogP contribution >= 0.6 is 0 Å². The zero-order valence-corrected chi connectivity index (χ0v) is 14.2. The summed E-state index contributed by atoms with van der Waals surface area (Å²) in [5.41, 5.74) is 0.462. The minimum Gasteiger partial charge on any atom is -0.354 e. The van der Waals surface area contributed by atoms with E-state index in [9.17, 15) is 23.6 Å². The standard InChI is InChI=1S/C18H20FN3O4/c19-14-8-4-1-5-12(14)9-10-20-15(23)11-21-16(24)17(25)22(18(21)26)13-6-2-3-7-13/h1,4-5,8,13H,2-3,6-7,9-11H2,(H,20,23). The second kappa shape index (κ2) is 7.63. The molecule has 3 rings (SSSR count). The van der Waals surface area contributed by atoms with Gasteiger partial charge in [-0.2, -0.15) is 0 Å². The Morgan fingerprint density at radius 2 is 1.81 bits per heavy atom. The summed E-state index contributed by atoms with van der Waals surface area (Å²) >= 11 is 0. The average molecular weight is 361 g/mol. The first-order valence-corrected chi connectivity index (χ1v) is 8.68. The highest BCUT2D eigenvalue weighted by Gasteiger charge is 2.48. The number of carbonyl (C=O) groups is 4. The van der Waals surface area contributed by atoms with Gasteiger partial charge in [0.1, 0.15) is 12.4 Å².